The highest BCUT2D eigenvalue weighted by molar-refractivity contribution is 7.90. The maximum atomic E-state index is 11.3. The third kappa shape index (κ3) is 1.24. The molecule has 2 rings (SSSR count). The summed E-state index contributed by atoms with van der Waals surface area (Å²) in [5, 5.41) is 13.2. The van der Waals surface area contributed by atoms with Crippen molar-refractivity contribution in [3.05, 3.63) is 24.3 Å². The Bertz CT molecular complexity index is 586. The minimum atomic E-state index is -3.40. The van der Waals surface area contributed by atoms with Gasteiger partial charge in [-0.25, -0.2) is 8.42 Å². The molecule has 1 aromatic carbocycles. The summed E-state index contributed by atoms with van der Waals surface area (Å²) in [5.74, 6) is 0. The largest absolute Gasteiger partial charge is 0.411 e. The Morgan fingerprint density at radius 1 is 1.36 bits per heavy atom. The van der Waals surface area contributed by atoms with Crippen molar-refractivity contribution >= 4 is 20.7 Å². The van der Waals surface area contributed by atoms with Gasteiger partial charge in [-0.1, -0.05) is 12.1 Å². The smallest absolute Gasteiger partial charge is 0.195 e. The van der Waals surface area contributed by atoms with Gasteiger partial charge in [-0.3, -0.25) is 0 Å². The molecule has 0 unspecified atom stereocenters. The van der Waals surface area contributed by atoms with Gasteiger partial charge in [-0.15, -0.1) is 9.94 Å². The molecule has 6 heteroatoms. The van der Waals surface area contributed by atoms with E-state index in [1.807, 2.05) is 0 Å². The standard InChI is InChI=1S/C8H8N2O3S/c1-14(12,13)8-6-4-2-3-5-7(6)10(11)9-8/h2-5,11H,1H3. The first kappa shape index (κ1) is 9.01. The molecular formula is C8H8N2O3S. The van der Waals surface area contributed by atoms with E-state index in [0.717, 1.165) is 6.26 Å². The van der Waals surface area contributed by atoms with Gasteiger partial charge < -0.3 is 5.21 Å². The molecule has 1 aromatic heterocycles. The predicted molar refractivity (Wildman–Crippen MR) is 50.0 cm³/mol. The first-order valence-electron chi connectivity index (χ1n) is 3.87. The minimum absolute atomic E-state index is 0.101. The zero-order valence-corrected chi connectivity index (χ0v) is 8.19. The lowest BCUT2D eigenvalue weighted by molar-refractivity contribution is 0.157. The quantitative estimate of drug-likeness (QED) is 0.705. The van der Waals surface area contributed by atoms with Gasteiger partial charge in [0.2, 0.25) is 0 Å². The highest BCUT2D eigenvalue weighted by Crippen LogP contribution is 2.20. The van der Waals surface area contributed by atoms with E-state index < -0.39 is 9.84 Å². The van der Waals surface area contributed by atoms with E-state index >= 15 is 0 Å². The van der Waals surface area contributed by atoms with Crippen LogP contribution in [0.15, 0.2) is 29.3 Å². The average Bonchev–Trinajstić information content (AvgIpc) is 2.44. The maximum absolute atomic E-state index is 11.3. The van der Waals surface area contributed by atoms with Crippen molar-refractivity contribution < 1.29 is 13.6 Å². The fourth-order valence-corrected chi connectivity index (χ4v) is 2.09. The van der Waals surface area contributed by atoms with Crippen LogP contribution in [0.5, 0.6) is 0 Å². The maximum Gasteiger partial charge on any atom is 0.195 e. The summed E-state index contributed by atoms with van der Waals surface area (Å²) in [6.07, 6.45) is 1.06. The molecular weight excluding hydrogens is 204 g/mol. The average molecular weight is 212 g/mol. The summed E-state index contributed by atoms with van der Waals surface area (Å²) in [4.78, 5) is 0.575. The predicted octanol–water partition coefficient (Wildman–Crippen LogP) is 0.677. The number of hydrogen-bond donors (Lipinski definition) is 1. The van der Waals surface area contributed by atoms with Crippen molar-refractivity contribution in [1.82, 2.24) is 9.94 Å². The monoisotopic (exact) mass is 212 g/mol. The molecule has 0 atom stereocenters. The molecule has 1 N–H and O–H groups in total. The van der Waals surface area contributed by atoms with Crippen molar-refractivity contribution in [2.24, 2.45) is 0 Å². The second-order valence-corrected chi connectivity index (χ2v) is 4.91. The van der Waals surface area contributed by atoms with Gasteiger partial charge in [-0.05, 0) is 12.1 Å². The fourth-order valence-electron chi connectivity index (χ4n) is 1.30. The van der Waals surface area contributed by atoms with Crippen LogP contribution in [-0.4, -0.2) is 29.8 Å². The topological polar surface area (TPSA) is 72.2 Å². The Kier molecular flexibility index (Phi) is 1.75. The molecule has 0 fully saturated rings. The van der Waals surface area contributed by atoms with Crippen LogP contribution in [0.1, 0.15) is 0 Å². The van der Waals surface area contributed by atoms with Crippen LogP contribution in [0.3, 0.4) is 0 Å². The molecule has 0 aliphatic rings. The van der Waals surface area contributed by atoms with E-state index in [1.54, 1.807) is 24.3 Å². The summed E-state index contributed by atoms with van der Waals surface area (Å²) in [7, 11) is -3.40. The molecule has 0 spiro atoms. The molecule has 0 bridgehead atoms. The molecule has 1 heterocycles. The summed E-state index contributed by atoms with van der Waals surface area (Å²) in [6.45, 7) is 0. The Morgan fingerprint density at radius 3 is 2.64 bits per heavy atom. The van der Waals surface area contributed by atoms with Crippen LogP contribution in [0.25, 0.3) is 10.9 Å². The van der Waals surface area contributed by atoms with Crippen LogP contribution in [0.2, 0.25) is 0 Å². The van der Waals surface area contributed by atoms with Crippen LogP contribution in [-0.2, 0) is 9.84 Å². The van der Waals surface area contributed by atoms with Crippen molar-refractivity contribution in [2.75, 3.05) is 6.26 Å². The van der Waals surface area contributed by atoms with Crippen molar-refractivity contribution in [3.63, 3.8) is 0 Å². The van der Waals surface area contributed by atoms with Crippen molar-refractivity contribution in [3.8, 4) is 0 Å². The lowest BCUT2D eigenvalue weighted by Gasteiger charge is -1.90. The highest BCUT2D eigenvalue weighted by Gasteiger charge is 2.17. The normalized spacial score (nSPS) is 12.1. The van der Waals surface area contributed by atoms with E-state index in [0.29, 0.717) is 15.7 Å². The van der Waals surface area contributed by atoms with Gasteiger partial charge in [0.25, 0.3) is 0 Å². The van der Waals surface area contributed by atoms with Gasteiger partial charge >= 0.3 is 0 Å². The molecule has 14 heavy (non-hydrogen) atoms. The summed E-state index contributed by atoms with van der Waals surface area (Å²) in [6, 6.07) is 6.59. The zero-order chi connectivity index (χ0) is 10.3. The number of sulfone groups is 1. The van der Waals surface area contributed by atoms with Crippen molar-refractivity contribution in [2.45, 2.75) is 5.03 Å². The van der Waals surface area contributed by atoms with E-state index in [9.17, 15) is 13.6 Å². The van der Waals surface area contributed by atoms with E-state index in [1.165, 1.54) is 0 Å². The first-order chi connectivity index (χ1) is 6.50. The van der Waals surface area contributed by atoms with E-state index in [4.69, 9.17) is 0 Å². The molecule has 5 nitrogen and oxygen atoms in total. The third-order valence-corrected chi connectivity index (χ3v) is 2.89. The SMILES string of the molecule is CS(=O)(=O)c1nn(O)c2ccccc12. The number of benzene rings is 1. The van der Waals surface area contributed by atoms with Gasteiger partial charge in [0.05, 0.1) is 0 Å². The number of aromatic nitrogens is 2. The minimum Gasteiger partial charge on any atom is -0.411 e. The number of nitrogens with zero attached hydrogens (tertiary/aromatic N) is 2. The van der Waals surface area contributed by atoms with Crippen LogP contribution in [0.4, 0.5) is 0 Å². The first-order valence-corrected chi connectivity index (χ1v) is 5.76. The molecule has 2 aromatic rings. The molecule has 0 amide bonds. The lowest BCUT2D eigenvalue weighted by atomic mass is 10.3. The van der Waals surface area contributed by atoms with Gasteiger partial charge in [-0.2, -0.15) is 0 Å². The van der Waals surface area contributed by atoms with Gasteiger partial charge in [0.1, 0.15) is 5.52 Å². The van der Waals surface area contributed by atoms with Crippen LogP contribution in [0, 0.1) is 0 Å². The molecule has 0 aliphatic heterocycles. The lowest BCUT2D eigenvalue weighted by Crippen LogP contribution is -2.00. The number of para-hydroxylation sites is 1. The second kappa shape index (κ2) is 2.71. The van der Waals surface area contributed by atoms with E-state index in [-0.39, 0.29) is 5.03 Å². The molecule has 0 aliphatic carbocycles. The fraction of sp³-hybridized carbons (Fsp3) is 0.125. The Labute approximate surface area is 80.5 Å². The Morgan fingerprint density at radius 2 is 2.00 bits per heavy atom. The van der Waals surface area contributed by atoms with Crippen molar-refractivity contribution in [1.29, 1.82) is 0 Å². The highest BCUT2D eigenvalue weighted by atomic mass is 32.2. The Balaban J connectivity index is 2.93. The summed E-state index contributed by atoms with van der Waals surface area (Å²) >= 11 is 0. The van der Waals surface area contributed by atoms with Gasteiger partial charge in [0, 0.05) is 11.6 Å². The number of rotatable bonds is 1. The van der Waals surface area contributed by atoms with Crippen LogP contribution >= 0.6 is 0 Å². The molecule has 0 saturated carbocycles. The third-order valence-electron chi connectivity index (χ3n) is 1.89. The summed E-state index contributed by atoms with van der Waals surface area (Å²) in [5.41, 5.74) is 0.382. The van der Waals surface area contributed by atoms with Crippen LogP contribution < -0.4 is 0 Å². The number of hydrogen-bond acceptors (Lipinski definition) is 4. The zero-order valence-electron chi connectivity index (χ0n) is 7.38. The number of fused-ring (bicyclic) bond motifs is 1. The molecule has 0 saturated heterocycles. The Hall–Kier alpha value is -1.56. The van der Waals surface area contributed by atoms with Gasteiger partial charge in [0.15, 0.2) is 14.9 Å². The molecule has 0 radical (unpaired) electrons. The molecule has 74 valence electrons. The van der Waals surface area contributed by atoms with E-state index in [2.05, 4.69) is 5.10 Å². The summed E-state index contributed by atoms with van der Waals surface area (Å²) < 4.78 is 22.5. The second-order valence-electron chi connectivity index (χ2n) is 2.98.